The first-order valence-corrected chi connectivity index (χ1v) is 9.80. The summed E-state index contributed by atoms with van der Waals surface area (Å²) in [4.78, 5) is 25.0. The van der Waals surface area contributed by atoms with Gasteiger partial charge in [0, 0.05) is 0 Å². The first kappa shape index (κ1) is 22.2. The van der Waals surface area contributed by atoms with E-state index in [2.05, 4.69) is 34.6 Å². The second-order valence-electron chi connectivity index (χ2n) is 7.70. The Kier molecular flexibility index (Phi) is 9.39. The fraction of sp³-hybridized carbons (Fsp3) is 0.636. The van der Waals surface area contributed by atoms with Gasteiger partial charge in [0.2, 0.25) is 0 Å². The summed E-state index contributed by atoms with van der Waals surface area (Å²) in [5.41, 5.74) is 1.45. The van der Waals surface area contributed by atoms with Gasteiger partial charge in [-0.3, -0.25) is 0 Å². The molecule has 0 aliphatic heterocycles. The summed E-state index contributed by atoms with van der Waals surface area (Å²) in [6.45, 7) is 11.2. The van der Waals surface area contributed by atoms with Gasteiger partial charge in [-0.25, -0.2) is 9.59 Å². The van der Waals surface area contributed by atoms with Crippen LogP contribution in [0.4, 0.5) is 0 Å². The molecule has 1 rings (SSSR count). The third-order valence-corrected chi connectivity index (χ3v) is 4.29. The van der Waals surface area contributed by atoms with E-state index in [0.717, 1.165) is 44.1 Å². The normalized spacial score (nSPS) is 11.3. The van der Waals surface area contributed by atoms with Crippen LogP contribution < -0.4 is 0 Å². The van der Waals surface area contributed by atoms with E-state index in [0.29, 0.717) is 18.8 Å². The highest BCUT2D eigenvalue weighted by Crippen LogP contribution is 2.25. The van der Waals surface area contributed by atoms with Crippen LogP contribution in [0.25, 0.3) is 0 Å². The number of ether oxygens (including phenoxy) is 2. The van der Waals surface area contributed by atoms with Crippen molar-refractivity contribution in [2.45, 2.75) is 78.6 Å². The molecule has 0 radical (unpaired) electrons. The second-order valence-corrected chi connectivity index (χ2v) is 7.70. The predicted molar refractivity (Wildman–Crippen MR) is 105 cm³/mol. The Hall–Kier alpha value is -1.84. The Morgan fingerprint density at radius 2 is 1.31 bits per heavy atom. The third-order valence-electron chi connectivity index (χ3n) is 4.29. The number of esters is 2. The van der Waals surface area contributed by atoms with Crippen LogP contribution in [0.15, 0.2) is 18.2 Å². The van der Waals surface area contributed by atoms with Crippen LogP contribution in [-0.4, -0.2) is 25.2 Å². The summed E-state index contributed by atoms with van der Waals surface area (Å²) in [5.74, 6) is -0.908. The van der Waals surface area contributed by atoms with Crippen LogP contribution in [-0.2, 0) is 14.9 Å². The maximum atomic E-state index is 12.6. The fourth-order valence-corrected chi connectivity index (χ4v) is 2.55. The van der Waals surface area contributed by atoms with Gasteiger partial charge in [0.05, 0.1) is 24.3 Å². The van der Waals surface area contributed by atoms with E-state index in [1.165, 1.54) is 0 Å². The number of benzene rings is 1. The summed E-state index contributed by atoms with van der Waals surface area (Å²) in [6.07, 6.45) is 5.82. The molecule has 0 amide bonds. The number of carbonyl (C=O) groups excluding carboxylic acids is 2. The smallest absolute Gasteiger partial charge is 0.339 e. The quantitative estimate of drug-likeness (QED) is 0.397. The summed E-state index contributed by atoms with van der Waals surface area (Å²) in [6, 6.07) is 5.34. The number of carbonyl (C=O) groups is 2. The van der Waals surface area contributed by atoms with Crippen molar-refractivity contribution in [1.29, 1.82) is 0 Å². The summed E-state index contributed by atoms with van der Waals surface area (Å²) in [5, 5.41) is 0. The Morgan fingerprint density at radius 1 is 0.808 bits per heavy atom. The van der Waals surface area contributed by atoms with Gasteiger partial charge in [0.25, 0.3) is 0 Å². The molecule has 1 aromatic rings. The number of rotatable bonds is 10. The van der Waals surface area contributed by atoms with Crippen LogP contribution in [0.3, 0.4) is 0 Å². The topological polar surface area (TPSA) is 52.6 Å². The van der Waals surface area contributed by atoms with Crippen LogP contribution in [0.2, 0.25) is 0 Å². The van der Waals surface area contributed by atoms with E-state index in [9.17, 15) is 9.59 Å². The highest BCUT2D eigenvalue weighted by molar-refractivity contribution is 6.03. The van der Waals surface area contributed by atoms with E-state index >= 15 is 0 Å². The summed E-state index contributed by atoms with van der Waals surface area (Å²) >= 11 is 0. The monoisotopic (exact) mass is 362 g/mol. The number of hydrogen-bond acceptors (Lipinski definition) is 4. The molecule has 0 N–H and O–H groups in total. The molecule has 0 saturated carbocycles. The highest BCUT2D eigenvalue weighted by Gasteiger charge is 2.23. The maximum absolute atomic E-state index is 12.6. The zero-order valence-corrected chi connectivity index (χ0v) is 17.0. The van der Waals surface area contributed by atoms with E-state index in [-0.39, 0.29) is 11.0 Å². The van der Waals surface area contributed by atoms with Gasteiger partial charge in [0.15, 0.2) is 0 Å². The summed E-state index contributed by atoms with van der Waals surface area (Å²) in [7, 11) is 0. The molecular weight excluding hydrogens is 328 g/mol. The molecule has 26 heavy (non-hydrogen) atoms. The molecule has 0 unspecified atom stereocenters. The molecule has 0 bridgehead atoms. The first-order valence-electron chi connectivity index (χ1n) is 9.80. The van der Waals surface area contributed by atoms with Crippen molar-refractivity contribution >= 4 is 11.9 Å². The predicted octanol–water partition coefficient (Wildman–Crippen LogP) is 5.68. The molecule has 0 heterocycles. The zero-order valence-electron chi connectivity index (χ0n) is 17.0. The lowest BCUT2D eigenvalue weighted by molar-refractivity contribution is 0.0450. The van der Waals surface area contributed by atoms with Crippen molar-refractivity contribution in [3.05, 3.63) is 34.9 Å². The van der Waals surface area contributed by atoms with Gasteiger partial charge in [-0.2, -0.15) is 0 Å². The lowest BCUT2D eigenvalue weighted by Crippen LogP contribution is -2.18. The lowest BCUT2D eigenvalue weighted by Gasteiger charge is -2.20. The van der Waals surface area contributed by atoms with Crippen LogP contribution >= 0.6 is 0 Å². The number of unbranched alkanes of at least 4 members (excludes halogenated alkanes) is 4. The number of hydrogen-bond donors (Lipinski definition) is 0. The van der Waals surface area contributed by atoms with E-state index < -0.39 is 11.9 Å². The SMILES string of the molecule is CCCCCOC(=O)c1ccc(C(C)(C)C)cc1C(=O)OCCCCC. The maximum Gasteiger partial charge on any atom is 0.339 e. The van der Waals surface area contributed by atoms with Crippen LogP contribution in [0, 0.1) is 0 Å². The second kappa shape index (κ2) is 11.0. The Labute approximate surface area is 158 Å². The molecule has 0 aromatic heterocycles. The van der Waals surface area contributed by atoms with Crippen molar-refractivity contribution in [1.82, 2.24) is 0 Å². The summed E-state index contributed by atoms with van der Waals surface area (Å²) < 4.78 is 10.7. The zero-order chi connectivity index (χ0) is 19.6. The molecule has 0 spiro atoms. The van der Waals surface area contributed by atoms with Crippen molar-refractivity contribution in [2.75, 3.05) is 13.2 Å². The Bertz CT molecular complexity index is 584. The van der Waals surface area contributed by atoms with Crippen molar-refractivity contribution in [3.8, 4) is 0 Å². The van der Waals surface area contributed by atoms with E-state index in [1.807, 2.05) is 6.07 Å². The molecule has 0 saturated heterocycles. The standard InChI is InChI=1S/C22H34O4/c1-6-8-10-14-25-20(23)18-13-12-17(22(3,4)5)16-19(18)21(24)26-15-11-9-7-2/h12-13,16H,6-11,14-15H2,1-5H3. The van der Waals surface area contributed by atoms with Gasteiger partial charge in [-0.05, 0) is 36.0 Å². The molecule has 0 fully saturated rings. The molecular formula is C22H34O4. The molecule has 0 atom stereocenters. The minimum atomic E-state index is -0.456. The average molecular weight is 363 g/mol. The average Bonchev–Trinajstić information content (AvgIpc) is 2.60. The highest BCUT2D eigenvalue weighted by atomic mass is 16.5. The molecule has 1 aromatic carbocycles. The largest absolute Gasteiger partial charge is 0.462 e. The van der Waals surface area contributed by atoms with Gasteiger partial charge in [-0.15, -0.1) is 0 Å². The minimum absolute atomic E-state index is 0.124. The Morgan fingerprint density at radius 3 is 1.77 bits per heavy atom. The van der Waals surface area contributed by atoms with Gasteiger partial charge in [0.1, 0.15) is 0 Å². The Balaban J connectivity index is 2.96. The lowest BCUT2D eigenvalue weighted by atomic mass is 9.85. The van der Waals surface area contributed by atoms with Gasteiger partial charge < -0.3 is 9.47 Å². The fourth-order valence-electron chi connectivity index (χ4n) is 2.55. The first-order chi connectivity index (χ1) is 12.3. The molecule has 0 aliphatic rings. The van der Waals surface area contributed by atoms with Crippen molar-refractivity contribution in [2.24, 2.45) is 0 Å². The minimum Gasteiger partial charge on any atom is -0.462 e. The van der Waals surface area contributed by atoms with Crippen LogP contribution in [0.1, 0.15) is 99.4 Å². The molecule has 4 heteroatoms. The van der Waals surface area contributed by atoms with E-state index in [1.54, 1.807) is 12.1 Å². The van der Waals surface area contributed by atoms with Gasteiger partial charge in [-0.1, -0.05) is 66.4 Å². The van der Waals surface area contributed by atoms with Gasteiger partial charge >= 0.3 is 11.9 Å². The van der Waals surface area contributed by atoms with Crippen molar-refractivity contribution < 1.29 is 19.1 Å². The third kappa shape index (κ3) is 7.19. The van der Waals surface area contributed by atoms with Crippen LogP contribution in [0.5, 0.6) is 0 Å². The molecule has 0 aliphatic carbocycles. The van der Waals surface area contributed by atoms with E-state index in [4.69, 9.17) is 9.47 Å². The molecule has 146 valence electrons. The van der Waals surface area contributed by atoms with Crippen molar-refractivity contribution in [3.63, 3.8) is 0 Å². The molecule has 4 nitrogen and oxygen atoms in total.